The standard InChI is InChI=1S/C7H9N3O4/c8-6-4(3-11)1-10(2-5(12)13)7(14)9-6/h1,11H,2-3H2,(H,12,13)(H2,8,9,14). The highest BCUT2D eigenvalue weighted by Crippen LogP contribution is 2.03. The summed E-state index contributed by atoms with van der Waals surface area (Å²) in [6.45, 7) is -0.891. The van der Waals surface area contributed by atoms with E-state index >= 15 is 0 Å². The molecule has 0 radical (unpaired) electrons. The quantitative estimate of drug-likeness (QED) is 0.539. The Morgan fingerprint density at radius 3 is 2.79 bits per heavy atom. The fraction of sp³-hybridized carbons (Fsp3) is 0.286. The highest BCUT2D eigenvalue weighted by atomic mass is 16.4. The second-order valence-corrected chi connectivity index (χ2v) is 2.61. The van der Waals surface area contributed by atoms with Gasteiger partial charge in [0.1, 0.15) is 12.4 Å². The molecule has 0 aliphatic rings. The molecule has 4 N–H and O–H groups in total. The number of nitrogens with zero attached hydrogens (tertiary/aromatic N) is 2. The third-order valence-electron chi connectivity index (χ3n) is 1.58. The molecule has 0 aromatic carbocycles. The minimum atomic E-state index is -1.16. The van der Waals surface area contributed by atoms with Gasteiger partial charge in [0.05, 0.1) is 6.61 Å². The Morgan fingerprint density at radius 2 is 2.29 bits per heavy atom. The predicted molar refractivity (Wildman–Crippen MR) is 46.5 cm³/mol. The monoisotopic (exact) mass is 199 g/mol. The zero-order valence-electron chi connectivity index (χ0n) is 7.17. The number of hydrogen-bond donors (Lipinski definition) is 3. The minimum absolute atomic E-state index is 0.0841. The molecule has 0 aliphatic heterocycles. The molecule has 1 aromatic rings. The molecule has 1 heterocycles. The number of aliphatic hydroxyl groups excluding tert-OH is 1. The highest BCUT2D eigenvalue weighted by Gasteiger charge is 2.07. The van der Waals surface area contributed by atoms with E-state index < -0.39 is 24.8 Å². The van der Waals surface area contributed by atoms with Crippen LogP contribution in [0.5, 0.6) is 0 Å². The lowest BCUT2D eigenvalue weighted by molar-refractivity contribution is -0.137. The summed E-state index contributed by atoms with van der Waals surface area (Å²) in [6, 6.07) is 0. The molecular formula is C7H9N3O4. The van der Waals surface area contributed by atoms with E-state index in [2.05, 4.69) is 4.98 Å². The number of carbonyl (C=O) groups is 1. The first-order valence-electron chi connectivity index (χ1n) is 3.73. The Bertz CT molecular complexity index is 412. The summed E-state index contributed by atoms with van der Waals surface area (Å²) in [5.41, 5.74) is 4.78. The summed E-state index contributed by atoms with van der Waals surface area (Å²) in [5, 5.41) is 17.2. The van der Waals surface area contributed by atoms with Gasteiger partial charge in [0, 0.05) is 11.8 Å². The van der Waals surface area contributed by atoms with E-state index in [9.17, 15) is 9.59 Å². The molecule has 0 atom stereocenters. The Labute approximate surface area is 78.4 Å². The fourth-order valence-corrected chi connectivity index (χ4v) is 0.929. The number of nitrogens with two attached hydrogens (primary N) is 1. The normalized spacial score (nSPS) is 10.1. The van der Waals surface area contributed by atoms with Gasteiger partial charge in [0.15, 0.2) is 0 Å². The summed E-state index contributed by atoms with van der Waals surface area (Å²) >= 11 is 0. The van der Waals surface area contributed by atoms with Gasteiger partial charge in [-0.15, -0.1) is 0 Å². The summed E-state index contributed by atoms with van der Waals surface area (Å²) < 4.78 is 0.865. The van der Waals surface area contributed by atoms with E-state index in [1.165, 1.54) is 6.20 Å². The molecule has 0 saturated carbocycles. The average Bonchev–Trinajstić information content (AvgIpc) is 2.09. The van der Waals surface area contributed by atoms with Crippen molar-refractivity contribution in [3.05, 3.63) is 22.2 Å². The van der Waals surface area contributed by atoms with Crippen molar-refractivity contribution in [1.29, 1.82) is 0 Å². The predicted octanol–water partition coefficient (Wildman–Crippen LogP) is -1.60. The van der Waals surface area contributed by atoms with Gasteiger partial charge in [-0.2, -0.15) is 4.98 Å². The molecular weight excluding hydrogens is 190 g/mol. The zero-order valence-corrected chi connectivity index (χ0v) is 7.17. The second-order valence-electron chi connectivity index (χ2n) is 2.61. The number of carboxylic acid groups (broad SMARTS) is 1. The maximum atomic E-state index is 11.1. The van der Waals surface area contributed by atoms with E-state index in [0.29, 0.717) is 0 Å². The van der Waals surface area contributed by atoms with Crippen LogP contribution >= 0.6 is 0 Å². The molecule has 14 heavy (non-hydrogen) atoms. The van der Waals surface area contributed by atoms with E-state index in [4.69, 9.17) is 15.9 Å². The zero-order chi connectivity index (χ0) is 10.7. The molecule has 7 heteroatoms. The number of aliphatic carboxylic acids is 1. The molecule has 0 amide bonds. The molecule has 0 bridgehead atoms. The van der Waals surface area contributed by atoms with Crippen LogP contribution in [0.1, 0.15) is 5.56 Å². The summed E-state index contributed by atoms with van der Waals surface area (Å²) in [6.07, 6.45) is 1.18. The van der Waals surface area contributed by atoms with Gasteiger partial charge in [-0.05, 0) is 0 Å². The maximum Gasteiger partial charge on any atom is 0.350 e. The first-order chi connectivity index (χ1) is 6.54. The first kappa shape index (κ1) is 10.2. The van der Waals surface area contributed by atoms with Crippen molar-refractivity contribution in [2.75, 3.05) is 5.73 Å². The van der Waals surface area contributed by atoms with Gasteiger partial charge < -0.3 is 15.9 Å². The summed E-state index contributed by atoms with van der Waals surface area (Å²) in [7, 11) is 0. The number of rotatable bonds is 3. The topological polar surface area (TPSA) is 118 Å². The number of nitrogen functional groups attached to an aromatic ring is 1. The molecule has 1 aromatic heterocycles. The van der Waals surface area contributed by atoms with Crippen LogP contribution in [0.25, 0.3) is 0 Å². The highest BCUT2D eigenvalue weighted by molar-refractivity contribution is 5.66. The lowest BCUT2D eigenvalue weighted by atomic mass is 10.3. The van der Waals surface area contributed by atoms with Gasteiger partial charge in [-0.1, -0.05) is 0 Å². The van der Waals surface area contributed by atoms with E-state index in [-0.39, 0.29) is 11.4 Å². The molecule has 76 valence electrons. The van der Waals surface area contributed by atoms with Crippen molar-refractivity contribution < 1.29 is 15.0 Å². The maximum absolute atomic E-state index is 11.1. The summed E-state index contributed by atoms with van der Waals surface area (Å²) in [5.74, 6) is -1.25. The van der Waals surface area contributed by atoms with Gasteiger partial charge >= 0.3 is 11.7 Å². The lowest BCUT2D eigenvalue weighted by Crippen LogP contribution is -2.27. The average molecular weight is 199 g/mol. The molecule has 0 saturated heterocycles. The molecule has 7 nitrogen and oxygen atoms in total. The van der Waals surface area contributed by atoms with Gasteiger partial charge in [0.2, 0.25) is 0 Å². The molecule has 0 aliphatic carbocycles. The van der Waals surface area contributed by atoms with Crippen molar-refractivity contribution in [3.63, 3.8) is 0 Å². The van der Waals surface area contributed by atoms with E-state index in [0.717, 1.165) is 4.57 Å². The van der Waals surface area contributed by atoms with Crippen LogP contribution in [-0.4, -0.2) is 25.7 Å². The van der Waals surface area contributed by atoms with Crippen molar-refractivity contribution in [1.82, 2.24) is 9.55 Å². The van der Waals surface area contributed by atoms with E-state index in [1.807, 2.05) is 0 Å². The van der Waals surface area contributed by atoms with Crippen LogP contribution in [-0.2, 0) is 17.9 Å². The Kier molecular flexibility index (Phi) is 2.82. The summed E-state index contributed by atoms with van der Waals surface area (Å²) in [4.78, 5) is 24.8. The van der Waals surface area contributed by atoms with Crippen molar-refractivity contribution in [2.45, 2.75) is 13.2 Å². The van der Waals surface area contributed by atoms with Crippen molar-refractivity contribution in [2.24, 2.45) is 0 Å². The molecule has 0 fully saturated rings. The number of carboxylic acids is 1. The molecule has 0 unspecified atom stereocenters. The van der Waals surface area contributed by atoms with Crippen LogP contribution < -0.4 is 11.4 Å². The van der Waals surface area contributed by atoms with Crippen molar-refractivity contribution >= 4 is 11.8 Å². The smallest absolute Gasteiger partial charge is 0.350 e. The van der Waals surface area contributed by atoms with Crippen molar-refractivity contribution in [3.8, 4) is 0 Å². The Balaban J connectivity index is 3.17. The number of anilines is 1. The van der Waals surface area contributed by atoms with Crippen LogP contribution in [0.3, 0.4) is 0 Å². The Hall–Kier alpha value is -1.89. The first-order valence-corrected chi connectivity index (χ1v) is 3.73. The Morgan fingerprint density at radius 1 is 1.64 bits per heavy atom. The number of aromatic nitrogens is 2. The van der Waals surface area contributed by atoms with E-state index in [1.54, 1.807) is 0 Å². The van der Waals surface area contributed by atoms with Crippen LogP contribution in [0.2, 0.25) is 0 Å². The van der Waals surface area contributed by atoms with Gasteiger partial charge in [-0.25, -0.2) is 4.79 Å². The third-order valence-corrected chi connectivity index (χ3v) is 1.58. The number of hydrogen-bond acceptors (Lipinski definition) is 5. The van der Waals surface area contributed by atoms with Crippen LogP contribution in [0, 0.1) is 0 Å². The fourth-order valence-electron chi connectivity index (χ4n) is 0.929. The molecule has 0 spiro atoms. The van der Waals surface area contributed by atoms with Gasteiger partial charge in [-0.3, -0.25) is 9.36 Å². The third kappa shape index (κ3) is 2.07. The van der Waals surface area contributed by atoms with Crippen LogP contribution in [0.15, 0.2) is 11.0 Å². The second kappa shape index (κ2) is 3.88. The van der Waals surface area contributed by atoms with Crippen LogP contribution in [0.4, 0.5) is 5.82 Å². The minimum Gasteiger partial charge on any atom is -0.480 e. The van der Waals surface area contributed by atoms with Gasteiger partial charge in [0.25, 0.3) is 0 Å². The molecule has 1 rings (SSSR count). The SMILES string of the molecule is Nc1nc(=O)n(CC(=O)O)cc1CO. The lowest BCUT2D eigenvalue weighted by Gasteiger charge is -2.05. The largest absolute Gasteiger partial charge is 0.480 e. The number of aliphatic hydroxyl groups is 1.